The highest BCUT2D eigenvalue weighted by atomic mass is 16.4. The van der Waals surface area contributed by atoms with E-state index < -0.39 is 5.97 Å². The molecule has 0 aromatic heterocycles. The van der Waals surface area contributed by atoms with Crippen molar-refractivity contribution in [3.63, 3.8) is 0 Å². The van der Waals surface area contributed by atoms with Crippen LogP contribution in [-0.2, 0) is 4.79 Å². The molecule has 0 saturated heterocycles. The molecule has 4 nitrogen and oxygen atoms in total. The molecule has 1 amide bonds. The molecular weight excluding hydrogens is 326 g/mol. The molecule has 3 rings (SSSR count). The molecular formula is C22H19NO3. The lowest BCUT2D eigenvalue weighted by Crippen LogP contribution is -2.16. The van der Waals surface area contributed by atoms with Crippen molar-refractivity contribution >= 4 is 34.4 Å². The van der Waals surface area contributed by atoms with Gasteiger partial charge in [0.1, 0.15) is 0 Å². The first-order chi connectivity index (χ1) is 12.6. The van der Waals surface area contributed by atoms with Crippen LogP contribution < -0.4 is 5.32 Å². The summed E-state index contributed by atoms with van der Waals surface area (Å²) in [6.07, 6.45) is 2.37. The lowest BCUT2D eigenvalue weighted by atomic mass is 10.0. The Bertz CT molecular complexity index is 1000. The minimum atomic E-state index is -1.07. The van der Waals surface area contributed by atoms with Gasteiger partial charge in [-0.2, -0.15) is 0 Å². The number of fused-ring (bicyclic) bond motifs is 1. The molecule has 0 unspecified atom stereocenters. The van der Waals surface area contributed by atoms with Crippen LogP contribution in [0.15, 0.2) is 72.3 Å². The van der Waals surface area contributed by atoms with Gasteiger partial charge >= 0.3 is 5.97 Å². The van der Waals surface area contributed by atoms with Gasteiger partial charge in [0.2, 0.25) is 0 Å². The summed E-state index contributed by atoms with van der Waals surface area (Å²) in [7, 11) is 0. The fourth-order valence-electron chi connectivity index (χ4n) is 2.81. The zero-order valence-corrected chi connectivity index (χ0v) is 14.4. The van der Waals surface area contributed by atoms with E-state index in [1.54, 1.807) is 18.2 Å². The third kappa shape index (κ3) is 3.81. The Balaban J connectivity index is 1.88. The largest absolute Gasteiger partial charge is 0.478 e. The summed E-state index contributed by atoms with van der Waals surface area (Å²) in [5.74, 6) is -1.37. The molecule has 0 radical (unpaired) electrons. The Kier molecular flexibility index (Phi) is 5.13. The highest BCUT2D eigenvalue weighted by molar-refractivity contribution is 6.09. The number of hydrogen-bond acceptors (Lipinski definition) is 2. The fourth-order valence-corrected chi connectivity index (χ4v) is 2.81. The minimum absolute atomic E-state index is 0.0713. The highest BCUT2D eigenvalue weighted by Gasteiger charge is 2.14. The van der Waals surface area contributed by atoms with Crippen LogP contribution in [0.1, 0.15) is 29.3 Å². The van der Waals surface area contributed by atoms with Gasteiger partial charge < -0.3 is 10.4 Å². The molecule has 0 atom stereocenters. The Labute approximate surface area is 151 Å². The van der Waals surface area contributed by atoms with Gasteiger partial charge in [-0.3, -0.25) is 4.79 Å². The van der Waals surface area contributed by atoms with Crippen molar-refractivity contribution in [3.05, 3.63) is 83.4 Å². The van der Waals surface area contributed by atoms with Gasteiger partial charge in [-0.1, -0.05) is 55.5 Å². The maximum absolute atomic E-state index is 12.6. The topological polar surface area (TPSA) is 66.4 Å². The van der Waals surface area contributed by atoms with Crippen LogP contribution in [-0.4, -0.2) is 17.0 Å². The number of carboxylic acid groups (broad SMARTS) is 1. The Morgan fingerprint density at radius 3 is 2.38 bits per heavy atom. The molecule has 0 aliphatic carbocycles. The van der Waals surface area contributed by atoms with Crippen LogP contribution >= 0.6 is 0 Å². The first-order valence-corrected chi connectivity index (χ1v) is 8.41. The van der Waals surface area contributed by atoms with Crippen molar-refractivity contribution in [2.45, 2.75) is 13.3 Å². The molecule has 0 fully saturated rings. The molecule has 3 aromatic carbocycles. The van der Waals surface area contributed by atoms with Crippen molar-refractivity contribution in [2.75, 3.05) is 5.32 Å². The third-order valence-electron chi connectivity index (χ3n) is 4.19. The number of rotatable bonds is 5. The molecule has 3 aromatic rings. The Morgan fingerprint density at radius 1 is 0.962 bits per heavy atom. The van der Waals surface area contributed by atoms with Crippen molar-refractivity contribution in [3.8, 4) is 0 Å². The molecule has 4 heteroatoms. The Hall–Kier alpha value is -3.40. The number of para-hydroxylation sites is 1. The number of amides is 1. The van der Waals surface area contributed by atoms with E-state index in [0.29, 0.717) is 17.7 Å². The fraction of sp³-hybridized carbons (Fsp3) is 0.0909. The van der Waals surface area contributed by atoms with E-state index in [1.807, 2.05) is 55.5 Å². The van der Waals surface area contributed by atoms with Gasteiger partial charge in [0.05, 0.1) is 11.3 Å². The summed E-state index contributed by atoms with van der Waals surface area (Å²) >= 11 is 0. The average Bonchev–Trinajstić information content (AvgIpc) is 2.66. The monoisotopic (exact) mass is 345 g/mol. The van der Waals surface area contributed by atoms with Crippen LogP contribution in [0.25, 0.3) is 16.8 Å². The maximum atomic E-state index is 12.6. The van der Waals surface area contributed by atoms with Crippen LogP contribution in [0, 0.1) is 0 Å². The minimum Gasteiger partial charge on any atom is -0.478 e. The maximum Gasteiger partial charge on any atom is 0.337 e. The van der Waals surface area contributed by atoms with Crippen molar-refractivity contribution < 1.29 is 14.7 Å². The Morgan fingerprint density at radius 2 is 1.65 bits per heavy atom. The predicted octanol–water partition coefficient (Wildman–Crippen LogP) is 4.97. The number of carboxylic acids is 1. The number of nitrogens with one attached hydrogen (secondary N) is 1. The first kappa shape index (κ1) is 17.4. The number of benzene rings is 3. The van der Waals surface area contributed by atoms with E-state index in [0.717, 1.165) is 16.3 Å². The summed E-state index contributed by atoms with van der Waals surface area (Å²) in [6, 6.07) is 20.4. The molecule has 0 aliphatic rings. The van der Waals surface area contributed by atoms with E-state index in [2.05, 4.69) is 5.32 Å². The second kappa shape index (κ2) is 7.66. The summed E-state index contributed by atoms with van der Waals surface area (Å²) in [5.41, 5.74) is 1.88. The smallest absolute Gasteiger partial charge is 0.337 e. The van der Waals surface area contributed by atoms with E-state index in [4.69, 9.17) is 0 Å². The van der Waals surface area contributed by atoms with Crippen molar-refractivity contribution in [2.24, 2.45) is 0 Å². The SMILES string of the molecule is CC/C(=C\c1ccc2ccccc2c1)C(=O)Nc1ccccc1C(=O)O. The third-order valence-corrected chi connectivity index (χ3v) is 4.19. The van der Waals surface area contributed by atoms with Crippen LogP contribution in [0.2, 0.25) is 0 Å². The molecule has 0 saturated carbocycles. The molecule has 0 heterocycles. The number of anilines is 1. The molecule has 130 valence electrons. The first-order valence-electron chi connectivity index (χ1n) is 8.41. The van der Waals surface area contributed by atoms with Gasteiger partial charge in [-0.05, 0) is 47.0 Å². The summed E-state index contributed by atoms with van der Waals surface area (Å²) in [4.78, 5) is 23.9. The molecule has 0 bridgehead atoms. The summed E-state index contributed by atoms with van der Waals surface area (Å²) < 4.78 is 0. The van der Waals surface area contributed by atoms with Crippen LogP contribution in [0.4, 0.5) is 5.69 Å². The molecule has 2 N–H and O–H groups in total. The standard InChI is InChI=1S/C22H19NO3/c1-2-16(13-15-11-12-17-7-3-4-8-18(17)14-15)21(24)23-20-10-6-5-9-19(20)22(25)26/h3-14H,2H2,1H3,(H,23,24)(H,25,26)/b16-13+. The second-order valence-electron chi connectivity index (χ2n) is 5.93. The molecule has 0 aliphatic heterocycles. The highest BCUT2D eigenvalue weighted by Crippen LogP contribution is 2.20. The van der Waals surface area contributed by atoms with Gasteiger partial charge in [-0.25, -0.2) is 4.79 Å². The number of hydrogen-bond donors (Lipinski definition) is 2. The molecule has 0 spiro atoms. The number of aromatic carboxylic acids is 1. The zero-order valence-electron chi connectivity index (χ0n) is 14.4. The number of carbonyl (C=O) groups is 2. The van der Waals surface area contributed by atoms with Crippen LogP contribution in [0.5, 0.6) is 0 Å². The normalized spacial score (nSPS) is 11.3. The number of carbonyl (C=O) groups excluding carboxylic acids is 1. The van der Waals surface area contributed by atoms with Gasteiger partial charge in [0, 0.05) is 5.57 Å². The summed E-state index contributed by atoms with van der Waals surface area (Å²) in [5, 5.41) is 14.2. The van der Waals surface area contributed by atoms with E-state index in [9.17, 15) is 14.7 Å². The second-order valence-corrected chi connectivity index (χ2v) is 5.93. The predicted molar refractivity (Wildman–Crippen MR) is 104 cm³/mol. The lowest BCUT2D eigenvalue weighted by molar-refractivity contribution is -0.112. The quantitative estimate of drug-likeness (QED) is 0.642. The molecule has 26 heavy (non-hydrogen) atoms. The van der Waals surface area contributed by atoms with E-state index in [-0.39, 0.29) is 11.5 Å². The van der Waals surface area contributed by atoms with Gasteiger partial charge in [0.15, 0.2) is 0 Å². The van der Waals surface area contributed by atoms with E-state index >= 15 is 0 Å². The van der Waals surface area contributed by atoms with Gasteiger partial charge in [0.25, 0.3) is 5.91 Å². The average molecular weight is 345 g/mol. The zero-order chi connectivity index (χ0) is 18.5. The van der Waals surface area contributed by atoms with Crippen molar-refractivity contribution in [1.82, 2.24) is 0 Å². The van der Waals surface area contributed by atoms with Crippen LogP contribution in [0.3, 0.4) is 0 Å². The van der Waals surface area contributed by atoms with Crippen molar-refractivity contribution in [1.29, 1.82) is 0 Å². The van der Waals surface area contributed by atoms with E-state index in [1.165, 1.54) is 6.07 Å². The lowest BCUT2D eigenvalue weighted by Gasteiger charge is -2.10. The summed E-state index contributed by atoms with van der Waals surface area (Å²) in [6.45, 7) is 1.90. The van der Waals surface area contributed by atoms with Gasteiger partial charge in [-0.15, -0.1) is 0 Å².